The summed E-state index contributed by atoms with van der Waals surface area (Å²) in [7, 11) is 5.28. The molecule has 0 aliphatic carbocycles. The Labute approximate surface area is 70.6 Å². The van der Waals surface area contributed by atoms with Crippen molar-refractivity contribution in [3.8, 4) is 0 Å². The molecule has 1 aromatic heterocycles. The molecular weight excluding hydrogens is 156 g/mol. The van der Waals surface area contributed by atoms with Crippen LogP contribution < -0.4 is 11.0 Å². The van der Waals surface area contributed by atoms with E-state index in [0.717, 1.165) is 0 Å². The number of aromatic nitrogens is 2. The lowest BCUT2D eigenvalue weighted by Gasteiger charge is -2.11. The summed E-state index contributed by atoms with van der Waals surface area (Å²) in [6.45, 7) is 0. The second-order valence-corrected chi connectivity index (χ2v) is 2.70. The molecule has 0 aliphatic heterocycles. The number of aryl methyl sites for hydroxylation is 1. The van der Waals surface area contributed by atoms with Gasteiger partial charge in [-0.3, -0.25) is 10.2 Å². The van der Waals surface area contributed by atoms with Crippen molar-refractivity contribution in [1.29, 1.82) is 0 Å². The summed E-state index contributed by atoms with van der Waals surface area (Å²) in [6, 6.07) is 0. The average molecular weight is 168 g/mol. The Kier molecular flexibility index (Phi) is 2.44. The summed E-state index contributed by atoms with van der Waals surface area (Å²) in [5, 5.41) is 1.67. The minimum absolute atomic E-state index is 0.133. The predicted molar refractivity (Wildman–Crippen MR) is 46.8 cm³/mol. The molecule has 0 aliphatic rings. The van der Waals surface area contributed by atoms with Crippen LogP contribution in [-0.4, -0.2) is 28.7 Å². The highest BCUT2D eigenvalue weighted by Crippen LogP contribution is 1.90. The van der Waals surface area contributed by atoms with Gasteiger partial charge in [0.15, 0.2) is 0 Å². The van der Waals surface area contributed by atoms with E-state index in [4.69, 9.17) is 0 Å². The standard InChI is InChI=1S/C7H12N4O/c1-10(2)9-6-7(12)11(3)5-4-8-6/h4-5H,1-3H3,(H,8,9). The van der Waals surface area contributed by atoms with Crippen molar-refractivity contribution >= 4 is 5.82 Å². The van der Waals surface area contributed by atoms with E-state index in [1.807, 2.05) is 0 Å². The van der Waals surface area contributed by atoms with Crippen LogP contribution in [0.2, 0.25) is 0 Å². The highest BCUT2D eigenvalue weighted by Gasteiger charge is 2.00. The van der Waals surface area contributed by atoms with Gasteiger partial charge in [-0.25, -0.2) is 9.99 Å². The van der Waals surface area contributed by atoms with Gasteiger partial charge in [-0.1, -0.05) is 0 Å². The normalized spacial score (nSPS) is 10.3. The quantitative estimate of drug-likeness (QED) is 0.614. The fourth-order valence-electron chi connectivity index (χ4n) is 0.786. The molecule has 1 rings (SSSR count). The van der Waals surface area contributed by atoms with Crippen LogP contribution in [0.15, 0.2) is 17.2 Å². The molecule has 0 aromatic carbocycles. The lowest BCUT2D eigenvalue weighted by molar-refractivity contribution is 0.490. The van der Waals surface area contributed by atoms with E-state index in [1.165, 1.54) is 4.57 Å². The molecule has 5 nitrogen and oxygen atoms in total. The van der Waals surface area contributed by atoms with Crippen LogP contribution in [0.4, 0.5) is 5.82 Å². The molecule has 0 bridgehead atoms. The van der Waals surface area contributed by atoms with Crippen molar-refractivity contribution in [2.45, 2.75) is 0 Å². The first kappa shape index (κ1) is 8.73. The van der Waals surface area contributed by atoms with Crippen molar-refractivity contribution < 1.29 is 0 Å². The van der Waals surface area contributed by atoms with Gasteiger partial charge in [-0.2, -0.15) is 0 Å². The van der Waals surface area contributed by atoms with Crippen LogP contribution in [0.3, 0.4) is 0 Å². The number of hydrogen-bond donors (Lipinski definition) is 1. The zero-order valence-electron chi connectivity index (χ0n) is 7.40. The van der Waals surface area contributed by atoms with Gasteiger partial charge in [0.1, 0.15) is 0 Å². The van der Waals surface area contributed by atoms with Gasteiger partial charge in [-0.05, 0) is 0 Å². The maximum atomic E-state index is 11.3. The van der Waals surface area contributed by atoms with E-state index in [1.54, 1.807) is 38.5 Å². The summed E-state index contributed by atoms with van der Waals surface area (Å²) in [5.41, 5.74) is 2.67. The monoisotopic (exact) mass is 168 g/mol. The Morgan fingerprint density at radius 3 is 2.83 bits per heavy atom. The topological polar surface area (TPSA) is 50.2 Å². The zero-order chi connectivity index (χ0) is 9.14. The Bertz CT molecular complexity index is 317. The first-order valence-corrected chi connectivity index (χ1v) is 3.57. The first-order valence-electron chi connectivity index (χ1n) is 3.57. The van der Waals surface area contributed by atoms with Crippen LogP contribution in [0.5, 0.6) is 0 Å². The maximum Gasteiger partial charge on any atom is 0.294 e. The molecule has 0 saturated carbocycles. The van der Waals surface area contributed by atoms with Gasteiger partial charge in [-0.15, -0.1) is 0 Å². The molecule has 66 valence electrons. The van der Waals surface area contributed by atoms with E-state index in [-0.39, 0.29) is 5.56 Å². The third-order valence-corrected chi connectivity index (χ3v) is 1.35. The van der Waals surface area contributed by atoms with Gasteiger partial charge in [0.2, 0.25) is 5.82 Å². The lowest BCUT2D eigenvalue weighted by Crippen LogP contribution is -2.28. The smallest absolute Gasteiger partial charge is 0.294 e. The van der Waals surface area contributed by atoms with E-state index in [0.29, 0.717) is 5.82 Å². The Hall–Kier alpha value is -1.36. The van der Waals surface area contributed by atoms with Gasteiger partial charge < -0.3 is 4.57 Å². The highest BCUT2D eigenvalue weighted by atomic mass is 16.1. The van der Waals surface area contributed by atoms with E-state index in [9.17, 15) is 4.79 Å². The van der Waals surface area contributed by atoms with Crippen molar-refractivity contribution in [2.24, 2.45) is 7.05 Å². The number of nitrogens with one attached hydrogen (secondary N) is 1. The molecule has 5 heteroatoms. The third-order valence-electron chi connectivity index (χ3n) is 1.35. The second-order valence-electron chi connectivity index (χ2n) is 2.70. The van der Waals surface area contributed by atoms with Crippen LogP contribution in [-0.2, 0) is 7.05 Å². The van der Waals surface area contributed by atoms with Gasteiger partial charge in [0.05, 0.1) is 0 Å². The Morgan fingerprint density at radius 2 is 2.25 bits per heavy atom. The SMILES string of the molecule is CN(C)Nc1nccn(C)c1=O. The summed E-state index contributed by atoms with van der Waals surface area (Å²) in [5.74, 6) is 0.338. The van der Waals surface area contributed by atoms with Gasteiger partial charge >= 0.3 is 0 Å². The molecule has 0 fully saturated rings. The molecule has 0 unspecified atom stereocenters. The molecule has 0 atom stereocenters. The summed E-state index contributed by atoms with van der Waals surface area (Å²) in [6.07, 6.45) is 3.19. The molecule has 0 amide bonds. The predicted octanol–water partition coefficient (Wildman–Crippen LogP) is -0.331. The number of nitrogens with zero attached hydrogens (tertiary/aromatic N) is 3. The van der Waals surface area contributed by atoms with Crippen LogP contribution >= 0.6 is 0 Å². The molecule has 0 radical (unpaired) electrons. The van der Waals surface area contributed by atoms with Crippen LogP contribution in [0.25, 0.3) is 0 Å². The van der Waals surface area contributed by atoms with Crippen molar-refractivity contribution in [1.82, 2.24) is 14.6 Å². The Balaban J connectivity index is 3.01. The van der Waals surface area contributed by atoms with E-state index >= 15 is 0 Å². The van der Waals surface area contributed by atoms with E-state index < -0.39 is 0 Å². The molecule has 12 heavy (non-hydrogen) atoms. The number of hydrogen-bond acceptors (Lipinski definition) is 4. The van der Waals surface area contributed by atoms with Crippen molar-refractivity contribution in [3.05, 3.63) is 22.7 Å². The zero-order valence-corrected chi connectivity index (χ0v) is 7.40. The average Bonchev–Trinajstić information content (AvgIpc) is 1.98. The summed E-state index contributed by atoms with van der Waals surface area (Å²) < 4.78 is 1.47. The van der Waals surface area contributed by atoms with E-state index in [2.05, 4.69) is 10.4 Å². The van der Waals surface area contributed by atoms with Gasteiger partial charge in [0, 0.05) is 33.5 Å². The number of rotatable bonds is 2. The maximum absolute atomic E-state index is 11.3. The fourth-order valence-corrected chi connectivity index (χ4v) is 0.786. The van der Waals surface area contributed by atoms with Gasteiger partial charge in [0.25, 0.3) is 5.56 Å². The molecule has 1 N–H and O–H groups in total. The number of anilines is 1. The molecule has 0 spiro atoms. The largest absolute Gasteiger partial charge is 0.314 e. The summed E-state index contributed by atoms with van der Waals surface area (Å²) >= 11 is 0. The van der Waals surface area contributed by atoms with Crippen molar-refractivity contribution in [2.75, 3.05) is 19.5 Å². The number of hydrazine groups is 1. The minimum Gasteiger partial charge on any atom is -0.314 e. The van der Waals surface area contributed by atoms with Crippen molar-refractivity contribution in [3.63, 3.8) is 0 Å². The molecule has 1 heterocycles. The molecular formula is C7H12N4O. The van der Waals surface area contributed by atoms with Crippen LogP contribution in [0, 0.1) is 0 Å². The summed E-state index contributed by atoms with van der Waals surface area (Å²) in [4.78, 5) is 15.2. The fraction of sp³-hybridized carbons (Fsp3) is 0.429. The first-order chi connectivity index (χ1) is 5.61. The minimum atomic E-state index is -0.133. The lowest BCUT2D eigenvalue weighted by atomic mass is 10.6. The third kappa shape index (κ3) is 1.82. The second kappa shape index (κ2) is 3.36. The molecule has 1 aromatic rings. The molecule has 0 saturated heterocycles. The van der Waals surface area contributed by atoms with Crippen LogP contribution in [0.1, 0.15) is 0 Å². The Morgan fingerprint density at radius 1 is 1.58 bits per heavy atom. The highest BCUT2D eigenvalue weighted by molar-refractivity contribution is 5.28.